The maximum absolute atomic E-state index is 11.3. The maximum atomic E-state index is 11.3. The van der Waals surface area contributed by atoms with Crippen LogP contribution in [-0.4, -0.2) is 29.6 Å². The molecule has 2 atom stereocenters. The molecule has 0 N–H and O–H groups in total. The van der Waals surface area contributed by atoms with Gasteiger partial charge in [-0.25, -0.2) is 0 Å². The minimum atomic E-state index is 0.215. The van der Waals surface area contributed by atoms with Gasteiger partial charge in [-0.15, -0.1) is 0 Å². The van der Waals surface area contributed by atoms with Crippen molar-refractivity contribution >= 4 is 18.5 Å². The summed E-state index contributed by atoms with van der Waals surface area (Å²) < 4.78 is 0. The summed E-state index contributed by atoms with van der Waals surface area (Å²) in [4.78, 5) is 13.3. The number of nitrogens with zero attached hydrogens (tertiary/aromatic N) is 1. The lowest BCUT2D eigenvalue weighted by Crippen LogP contribution is -2.30. The van der Waals surface area contributed by atoms with E-state index in [-0.39, 0.29) is 5.91 Å². The standard InChI is InChI=1S/C9H15NOS/c11-9(6-12)10-4-7-2-1-3-8(7)5-10/h7-8,12H,1-6H2. The number of hydrogen-bond donors (Lipinski definition) is 1. The summed E-state index contributed by atoms with van der Waals surface area (Å²) in [6.07, 6.45) is 4.04. The predicted molar refractivity (Wildman–Crippen MR) is 51.3 cm³/mol. The van der Waals surface area contributed by atoms with Gasteiger partial charge in [0.15, 0.2) is 0 Å². The summed E-state index contributed by atoms with van der Waals surface area (Å²) in [6.45, 7) is 2.01. The number of fused-ring (bicyclic) bond motifs is 1. The van der Waals surface area contributed by atoms with Gasteiger partial charge in [0.1, 0.15) is 0 Å². The normalized spacial score (nSPS) is 33.9. The van der Waals surface area contributed by atoms with E-state index >= 15 is 0 Å². The molecule has 0 bridgehead atoms. The van der Waals surface area contributed by atoms with E-state index in [0.29, 0.717) is 5.75 Å². The average Bonchev–Trinajstić information content (AvgIpc) is 2.60. The van der Waals surface area contributed by atoms with Crippen LogP contribution in [0.15, 0.2) is 0 Å². The van der Waals surface area contributed by atoms with Gasteiger partial charge in [-0.3, -0.25) is 4.79 Å². The third-order valence-electron chi connectivity index (χ3n) is 3.21. The topological polar surface area (TPSA) is 20.3 Å². The second-order valence-corrected chi connectivity index (χ2v) is 4.22. The number of likely N-dealkylation sites (tertiary alicyclic amines) is 1. The summed E-state index contributed by atoms with van der Waals surface area (Å²) in [7, 11) is 0. The van der Waals surface area contributed by atoms with Gasteiger partial charge in [0.05, 0.1) is 5.75 Å². The highest BCUT2D eigenvalue weighted by atomic mass is 32.1. The number of amides is 1. The van der Waals surface area contributed by atoms with Gasteiger partial charge in [0, 0.05) is 13.1 Å². The molecule has 0 spiro atoms. The number of thiol groups is 1. The van der Waals surface area contributed by atoms with E-state index in [1.807, 2.05) is 4.90 Å². The van der Waals surface area contributed by atoms with Crippen LogP contribution < -0.4 is 0 Å². The predicted octanol–water partition coefficient (Wildman–Crippen LogP) is 1.17. The lowest BCUT2D eigenvalue weighted by molar-refractivity contribution is -0.127. The van der Waals surface area contributed by atoms with Crippen LogP contribution in [0.1, 0.15) is 19.3 Å². The second kappa shape index (κ2) is 3.29. The van der Waals surface area contributed by atoms with Crippen molar-refractivity contribution in [3.8, 4) is 0 Å². The van der Waals surface area contributed by atoms with E-state index in [0.717, 1.165) is 24.9 Å². The summed E-state index contributed by atoms with van der Waals surface area (Å²) in [5, 5.41) is 0. The first kappa shape index (κ1) is 8.42. The largest absolute Gasteiger partial charge is 0.341 e. The molecule has 2 aliphatic rings. The Balaban J connectivity index is 1.94. The lowest BCUT2D eigenvalue weighted by Gasteiger charge is -2.15. The maximum Gasteiger partial charge on any atom is 0.232 e. The smallest absolute Gasteiger partial charge is 0.232 e. The van der Waals surface area contributed by atoms with E-state index < -0.39 is 0 Å². The molecule has 0 aromatic rings. The quantitative estimate of drug-likeness (QED) is 0.608. The zero-order valence-electron chi connectivity index (χ0n) is 7.20. The Bertz CT molecular complexity index is 183. The highest BCUT2D eigenvalue weighted by molar-refractivity contribution is 7.81. The summed E-state index contributed by atoms with van der Waals surface area (Å²) in [5.41, 5.74) is 0. The van der Waals surface area contributed by atoms with E-state index in [4.69, 9.17) is 0 Å². The van der Waals surface area contributed by atoms with Crippen LogP contribution in [0.3, 0.4) is 0 Å². The molecule has 2 unspecified atom stereocenters. The van der Waals surface area contributed by atoms with Crippen LogP contribution in [0.2, 0.25) is 0 Å². The molecular weight excluding hydrogens is 170 g/mol. The van der Waals surface area contributed by atoms with Crippen LogP contribution in [0.4, 0.5) is 0 Å². The van der Waals surface area contributed by atoms with Crippen LogP contribution >= 0.6 is 12.6 Å². The number of rotatable bonds is 1. The van der Waals surface area contributed by atoms with Crippen LogP contribution in [0, 0.1) is 11.8 Å². The fraction of sp³-hybridized carbons (Fsp3) is 0.889. The van der Waals surface area contributed by atoms with Crippen LogP contribution in [0.25, 0.3) is 0 Å². The Kier molecular flexibility index (Phi) is 2.31. The molecule has 1 saturated carbocycles. The van der Waals surface area contributed by atoms with E-state index in [9.17, 15) is 4.79 Å². The summed E-state index contributed by atoms with van der Waals surface area (Å²) in [6, 6.07) is 0. The monoisotopic (exact) mass is 185 g/mol. The van der Waals surface area contributed by atoms with Gasteiger partial charge >= 0.3 is 0 Å². The van der Waals surface area contributed by atoms with Crippen molar-refractivity contribution in [2.24, 2.45) is 11.8 Å². The zero-order chi connectivity index (χ0) is 8.55. The highest BCUT2D eigenvalue weighted by Crippen LogP contribution is 2.37. The summed E-state index contributed by atoms with van der Waals surface area (Å²) >= 11 is 4.01. The summed E-state index contributed by atoms with van der Waals surface area (Å²) in [5.74, 6) is 2.22. The number of hydrogen-bond acceptors (Lipinski definition) is 2. The van der Waals surface area contributed by atoms with Crippen molar-refractivity contribution in [2.45, 2.75) is 19.3 Å². The molecule has 3 heteroatoms. The van der Waals surface area contributed by atoms with Crippen molar-refractivity contribution in [1.82, 2.24) is 4.90 Å². The fourth-order valence-electron chi connectivity index (χ4n) is 2.54. The van der Waals surface area contributed by atoms with Gasteiger partial charge in [0.25, 0.3) is 0 Å². The molecule has 1 heterocycles. The molecule has 0 radical (unpaired) electrons. The van der Waals surface area contributed by atoms with E-state index in [1.165, 1.54) is 19.3 Å². The second-order valence-electron chi connectivity index (χ2n) is 3.91. The molecular formula is C9H15NOS. The van der Waals surface area contributed by atoms with E-state index in [2.05, 4.69) is 12.6 Å². The van der Waals surface area contributed by atoms with Gasteiger partial charge < -0.3 is 4.90 Å². The molecule has 12 heavy (non-hydrogen) atoms. The molecule has 1 amide bonds. The third-order valence-corrected chi connectivity index (χ3v) is 3.48. The first-order chi connectivity index (χ1) is 5.81. The fourth-order valence-corrected chi connectivity index (χ4v) is 2.74. The number of carbonyl (C=O) groups excluding carboxylic acids is 1. The van der Waals surface area contributed by atoms with Crippen molar-refractivity contribution in [3.05, 3.63) is 0 Å². The molecule has 1 saturated heterocycles. The minimum Gasteiger partial charge on any atom is -0.341 e. The molecule has 0 aromatic carbocycles. The zero-order valence-corrected chi connectivity index (χ0v) is 8.09. The van der Waals surface area contributed by atoms with Gasteiger partial charge in [0.2, 0.25) is 5.91 Å². The number of carbonyl (C=O) groups is 1. The lowest BCUT2D eigenvalue weighted by atomic mass is 10.0. The Morgan fingerprint density at radius 3 is 2.42 bits per heavy atom. The van der Waals surface area contributed by atoms with Crippen molar-refractivity contribution in [1.29, 1.82) is 0 Å². The Morgan fingerprint density at radius 2 is 1.92 bits per heavy atom. The SMILES string of the molecule is O=C(CS)N1CC2CCCC2C1. The molecule has 1 aliphatic heterocycles. The van der Waals surface area contributed by atoms with Crippen LogP contribution in [0.5, 0.6) is 0 Å². The Morgan fingerprint density at radius 1 is 1.33 bits per heavy atom. The minimum absolute atomic E-state index is 0.215. The van der Waals surface area contributed by atoms with Crippen molar-refractivity contribution in [3.63, 3.8) is 0 Å². The Labute approximate surface area is 78.7 Å². The molecule has 1 aliphatic carbocycles. The average molecular weight is 185 g/mol. The highest BCUT2D eigenvalue weighted by Gasteiger charge is 2.37. The van der Waals surface area contributed by atoms with Gasteiger partial charge in [-0.05, 0) is 24.7 Å². The van der Waals surface area contributed by atoms with Gasteiger partial charge in [-0.2, -0.15) is 12.6 Å². The van der Waals surface area contributed by atoms with Crippen molar-refractivity contribution in [2.75, 3.05) is 18.8 Å². The molecule has 0 aromatic heterocycles. The van der Waals surface area contributed by atoms with Crippen LogP contribution in [-0.2, 0) is 4.79 Å². The first-order valence-corrected chi connectivity index (χ1v) is 5.33. The third kappa shape index (κ3) is 1.35. The van der Waals surface area contributed by atoms with E-state index in [1.54, 1.807) is 0 Å². The Hall–Kier alpha value is -0.180. The van der Waals surface area contributed by atoms with Gasteiger partial charge in [-0.1, -0.05) is 6.42 Å². The molecule has 68 valence electrons. The molecule has 2 nitrogen and oxygen atoms in total. The van der Waals surface area contributed by atoms with Crippen molar-refractivity contribution < 1.29 is 4.79 Å². The first-order valence-electron chi connectivity index (χ1n) is 4.70. The molecule has 2 rings (SSSR count). The molecule has 2 fully saturated rings.